The van der Waals surface area contributed by atoms with Crippen LogP contribution in [0.4, 0.5) is 0 Å². The van der Waals surface area contributed by atoms with Crippen molar-refractivity contribution in [2.75, 3.05) is 19.8 Å². The molecule has 0 fully saturated rings. The van der Waals surface area contributed by atoms with E-state index in [-0.39, 0.29) is 6.54 Å². The topological polar surface area (TPSA) is 64.7 Å². The van der Waals surface area contributed by atoms with Crippen LogP contribution in [0, 0.1) is 0 Å². The molecule has 3 N–H and O–H groups in total. The number of nitrogens with two attached hydrogens (primary N) is 1. The van der Waals surface area contributed by atoms with Crippen LogP contribution in [0.15, 0.2) is 18.2 Å². The number of benzene rings is 1. The zero-order valence-corrected chi connectivity index (χ0v) is 7.77. The van der Waals surface area contributed by atoms with Gasteiger partial charge in [0.2, 0.25) is 0 Å². The van der Waals surface area contributed by atoms with E-state index >= 15 is 0 Å². The molecule has 1 aliphatic rings. The predicted molar refractivity (Wildman–Crippen MR) is 51.4 cm³/mol. The molecule has 1 aromatic carbocycles. The Morgan fingerprint density at radius 2 is 2.14 bits per heavy atom. The minimum atomic E-state index is -0.688. The number of rotatable bonds is 2. The van der Waals surface area contributed by atoms with Gasteiger partial charge < -0.3 is 20.3 Å². The molecule has 4 heteroatoms. The third-order valence-corrected chi connectivity index (χ3v) is 2.18. The largest absolute Gasteiger partial charge is 0.486 e. The first-order chi connectivity index (χ1) is 6.83. The Bertz CT molecular complexity index is 327. The third-order valence-electron chi connectivity index (χ3n) is 2.18. The van der Waals surface area contributed by atoms with Gasteiger partial charge in [0, 0.05) is 12.1 Å². The van der Waals surface area contributed by atoms with Crippen LogP contribution in [0.3, 0.4) is 0 Å². The highest BCUT2D eigenvalue weighted by molar-refractivity contribution is 5.48. The number of fused-ring (bicyclic) bond motifs is 1. The lowest BCUT2D eigenvalue weighted by molar-refractivity contribution is 0.149. The molecule has 2 rings (SSSR count). The Morgan fingerprint density at radius 1 is 1.36 bits per heavy atom. The van der Waals surface area contributed by atoms with Crippen LogP contribution in [0.2, 0.25) is 0 Å². The summed E-state index contributed by atoms with van der Waals surface area (Å²) in [7, 11) is 0. The normalized spacial score (nSPS) is 16.4. The van der Waals surface area contributed by atoms with Gasteiger partial charge in [0.1, 0.15) is 13.2 Å². The van der Waals surface area contributed by atoms with Crippen molar-refractivity contribution < 1.29 is 14.6 Å². The molecular formula is C10H13NO3. The van der Waals surface area contributed by atoms with Crippen molar-refractivity contribution in [1.29, 1.82) is 0 Å². The summed E-state index contributed by atoms with van der Waals surface area (Å²) in [5.74, 6) is 1.30. The lowest BCUT2D eigenvalue weighted by Crippen LogP contribution is -2.19. The summed E-state index contributed by atoms with van der Waals surface area (Å²) < 4.78 is 10.8. The molecule has 1 atom stereocenters. The average molecular weight is 195 g/mol. The summed E-state index contributed by atoms with van der Waals surface area (Å²) in [6, 6.07) is 5.44. The van der Waals surface area contributed by atoms with Gasteiger partial charge in [0.25, 0.3) is 0 Å². The maximum absolute atomic E-state index is 9.62. The number of para-hydroxylation sites is 1. The van der Waals surface area contributed by atoms with Gasteiger partial charge in [0.05, 0.1) is 6.10 Å². The number of aliphatic hydroxyl groups is 1. The van der Waals surface area contributed by atoms with Crippen molar-refractivity contribution in [2.45, 2.75) is 6.10 Å². The molecular weight excluding hydrogens is 182 g/mol. The molecule has 0 saturated carbocycles. The van der Waals surface area contributed by atoms with Crippen molar-refractivity contribution in [1.82, 2.24) is 0 Å². The first-order valence-electron chi connectivity index (χ1n) is 4.59. The maximum Gasteiger partial charge on any atom is 0.167 e. The van der Waals surface area contributed by atoms with Crippen LogP contribution < -0.4 is 15.2 Å². The summed E-state index contributed by atoms with van der Waals surface area (Å²) in [6.07, 6.45) is -0.688. The van der Waals surface area contributed by atoms with Crippen LogP contribution in [0.5, 0.6) is 11.5 Å². The van der Waals surface area contributed by atoms with Crippen molar-refractivity contribution in [3.8, 4) is 11.5 Å². The number of ether oxygens (including phenoxy) is 2. The Kier molecular flexibility index (Phi) is 2.56. The number of hydrogen-bond donors (Lipinski definition) is 2. The van der Waals surface area contributed by atoms with Crippen LogP contribution in [-0.2, 0) is 0 Å². The molecule has 1 heterocycles. The van der Waals surface area contributed by atoms with Crippen molar-refractivity contribution >= 4 is 0 Å². The highest BCUT2D eigenvalue weighted by Crippen LogP contribution is 2.36. The van der Waals surface area contributed by atoms with E-state index in [4.69, 9.17) is 15.2 Å². The molecule has 0 saturated heterocycles. The summed E-state index contributed by atoms with van der Waals surface area (Å²) in [4.78, 5) is 0. The van der Waals surface area contributed by atoms with E-state index in [0.717, 1.165) is 0 Å². The second-order valence-electron chi connectivity index (χ2n) is 3.12. The standard InChI is InChI=1S/C10H13NO3/c11-6-8(12)7-2-1-3-9-10(7)14-5-4-13-9/h1-3,8,12H,4-6,11H2/t8-/m1/s1. The van der Waals surface area contributed by atoms with E-state index in [1.54, 1.807) is 6.07 Å². The fraction of sp³-hybridized carbons (Fsp3) is 0.400. The van der Waals surface area contributed by atoms with E-state index in [9.17, 15) is 5.11 Å². The van der Waals surface area contributed by atoms with Crippen LogP contribution in [0.1, 0.15) is 11.7 Å². The van der Waals surface area contributed by atoms with Crippen LogP contribution in [0.25, 0.3) is 0 Å². The summed E-state index contributed by atoms with van der Waals surface area (Å²) in [5.41, 5.74) is 6.09. The summed E-state index contributed by atoms with van der Waals surface area (Å²) in [5, 5.41) is 9.62. The lowest BCUT2D eigenvalue weighted by Gasteiger charge is -2.22. The van der Waals surface area contributed by atoms with Gasteiger partial charge in [-0.25, -0.2) is 0 Å². The fourth-order valence-corrected chi connectivity index (χ4v) is 1.49. The SMILES string of the molecule is NC[C@@H](O)c1cccc2c1OCCO2. The average Bonchev–Trinajstić information content (AvgIpc) is 2.27. The van der Waals surface area contributed by atoms with E-state index < -0.39 is 6.10 Å². The van der Waals surface area contributed by atoms with Gasteiger partial charge in [-0.15, -0.1) is 0 Å². The van der Waals surface area contributed by atoms with E-state index in [1.807, 2.05) is 12.1 Å². The van der Waals surface area contributed by atoms with Gasteiger partial charge in [0.15, 0.2) is 11.5 Å². The Morgan fingerprint density at radius 3 is 2.93 bits per heavy atom. The first-order valence-corrected chi connectivity index (χ1v) is 4.59. The minimum absolute atomic E-state index is 0.180. The Labute approximate surface area is 82.2 Å². The molecule has 4 nitrogen and oxygen atoms in total. The third kappa shape index (κ3) is 1.54. The highest BCUT2D eigenvalue weighted by Gasteiger charge is 2.19. The van der Waals surface area contributed by atoms with Crippen molar-refractivity contribution in [2.24, 2.45) is 5.73 Å². The molecule has 0 aromatic heterocycles. The van der Waals surface area contributed by atoms with Crippen molar-refractivity contribution in [3.05, 3.63) is 23.8 Å². The molecule has 0 amide bonds. The maximum atomic E-state index is 9.62. The second-order valence-corrected chi connectivity index (χ2v) is 3.12. The zero-order valence-electron chi connectivity index (χ0n) is 7.77. The highest BCUT2D eigenvalue weighted by atomic mass is 16.6. The molecule has 1 aromatic rings. The molecule has 0 radical (unpaired) electrons. The zero-order chi connectivity index (χ0) is 9.97. The predicted octanol–water partition coefficient (Wildman–Crippen LogP) is 0.450. The van der Waals surface area contributed by atoms with Gasteiger partial charge in [-0.1, -0.05) is 12.1 Å². The van der Waals surface area contributed by atoms with Crippen molar-refractivity contribution in [3.63, 3.8) is 0 Å². The monoisotopic (exact) mass is 195 g/mol. The smallest absolute Gasteiger partial charge is 0.167 e. The summed E-state index contributed by atoms with van der Waals surface area (Å²) >= 11 is 0. The first kappa shape index (κ1) is 9.30. The molecule has 0 spiro atoms. The quantitative estimate of drug-likeness (QED) is 0.719. The second kappa shape index (κ2) is 3.86. The molecule has 76 valence electrons. The van der Waals surface area contributed by atoms with Gasteiger partial charge in [-0.2, -0.15) is 0 Å². The Balaban J connectivity index is 2.39. The lowest BCUT2D eigenvalue weighted by atomic mass is 10.1. The molecule has 0 bridgehead atoms. The van der Waals surface area contributed by atoms with Crippen LogP contribution in [-0.4, -0.2) is 24.9 Å². The van der Waals surface area contributed by atoms with Gasteiger partial charge in [-0.3, -0.25) is 0 Å². The fourth-order valence-electron chi connectivity index (χ4n) is 1.49. The number of aliphatic hydroxyl groups excluding tert-OH is 1. The molecule has 14 heavy (non-hydrogen) atoms. The van der Waals surface area contributed by atoms with E-state index in [2.05, 4.69) is 0 Å². The number of hydrogen-bond acceptors (Lipinski definition) is 4. The molecule has 0 unspecified atom stereocenters. The molecule has 0 aliphatic carbocycles. The Hall–Kier alpha value is -1.26. The van der Waals surface area contributed by atoms with E-state index in [0.29, 0.717) is 30.3 Å². The van der Waals surface area contributed by atoms with Crippen LogP contribution >= 0.6 is 0 Å². The minimum Gasteiger partial charge on any atom is -0.486 e. The van der Waals surface area contributed by atoms with E-state index in [1.165, 1.54) is 0 Å². The van der Waals surface area contributed by atoms with Gasteiger partial charge in [-0.05, 0) is 6.07 Å². The summed E-state index contributed by atoms with van der Waals surface area (Å²) in [6.45, 7) is 1.25. The van der Waals surface area contributed by atoms with Gasteiger partial charge >= 0.3 is 0 Å². The molecule has 1 aliphatic heterocycles.